The van der Waals surface area contributed by atoms with Crippen molar-refractivity contribution < 1.29 is 9.59 Å². The van der Waals surface area contributed by atoms with Gasteiger partial charge in [0.15, 0.2) is 0 Å². The molecule has 0 aliphatic heterocycles. The number of hydrogen-bond donors (Lipinski definition) is 2. The van der Waals surface area contributed by atoms with Crippen LogP contribution in [-0.4, -0.2) is 23.0 Å². The third-order valence-electron chi connectivity index (χ3n) is 2.78. The summed E-state index contributed by atoms with van der Waals surface area (Å²) in [5, 5.41) is 6.56. The topological polar surface area (TPSA) is 83.5 Å². The summed E-state index contributed by atoms with van der Waals surface area (Å²) in [5.74, 6) is -0.445. The number of carbonyl (C=O) groups excluding carboxylic acids is 2. The Hall–Kier alpha value is -3.02. The van der Waals surface area contributed by atoms with Gasteiger partial charge in [-0.25, -0.2) is 5.43 Å². The van der Waals surface area contributed by atoms with Gasteiger partial charge in [-0.3, -0.25) is 14.6 Å². The van der Waals surface area contributed by atoms with Gasteiger partial charge in [0.05, 0.1) is 11.8 Å². The molecule has 2 amide bonds. The first kappa shape index (κ1) is 15.4. The van der Waals surface area contributed by atoms with E-state index < -0.39 is 0 Å². The second-order valence-electron chi connectivity index (χ2n) is 4.69. The molecule has 112 valence electrons. The Labute approximate surface area is 128 Å². The Kier molecular flexibility index (Phi) is 4.98. The number of hydrazone groups is 1. The number of hydrogen-bond acceptors (Lipinski definition) is 4. The average Bonchev–Trinajstić information content (AvgIpc) is 2.49. The number of nitrogens with zero attached hydrogens (tertiary/aromatic N) is 2. The molecule has 0 spiro atoms. The van der Waals surface area contributed by atoms with Gasteiger partial charge in [0.1, 0.15) is 0 Å². The summed E-state index contributed by atoms with van der Waals surface area (Å²) >= 11 is 0. The molecule has 6 heteroatoms. The lowest BCUT2D eigenvalue weighted by molar-refractivity contribution is -0.114. The number of rotatable bonds is 4. The van der Waals surface area contributed by atoms with Gasteiger partial charge in [-0.05, 0) is 36.8 Å². The van der Waals surface area contributed by atoms with Gasteiger partial charge in [-0.2, -0.15) is 5.10 Å². The monoisotopic (exact) mass is 296 g/mol. The van der Waals surface area contributed by atoms with Gasteiger partial charge in [0.25, 0.3) is 5.91 Å². The molecule has 0 bridgehead atoms. The Bertz CT molecular complexity index is 691. The van der Waals surface area contributed by atoms with Gasteiger partial charge < -0.3 is 5.32 Å². The fourth-order valence-corrected chi connectivity index (χ4v) is 1.69. The molecule has 0 atom stereocenters. The highest BCUT2D eigenvalue weighted by Crippen LogP contribution is 2.07. The van der Waals surface area contributed by atoms with Gasteiger partial charge >= 0.3 is 0 Å². The summed E-state index contributed by atoms with van der Waals surface area (Å²) in [6, 6.07) is 10.5. The Balaban J connectivity index is 1.93. The number of pyridine rings is 1. The minimum atomic E-state index is -0.321. The van der Waals surface area contributed by atoms with Gasteiger partial charge in [0.2, 0.25) is 5.91 Å². The Morgan fingerprint density at radius 2 is 1.86 bits per heavy atom. The Morgan fingerprint density at radius 3 is 2.45 bits per heavy atom. The highest BCUT2D eigenvalue weighted by atomic mass is 16.2. The molecular weight excluding hydrogens is 280 g/mol. The zero-order chi connectivity index (χ0) is 15.9. The normalized spacial score (nSPS) is 10.5. The third kappa shape index (κ3) is 4.52. The van der Waals surface area contributed by atoms with Crippen molar-refractivity contribution in [3.63, 3.8) is 0 Å². The van der Waals surface area contributed by atoms with Crippen LogP contribution in [0.3, 0.4) is 0 Å². The molecule has 6 nitrogen and oxygen atoms in total. The molecule has 2 aromatic rings. The second-order valence-corrected chi connectivity index (χ2v) is 4.69. The molecule has 0 unspecified atom stereocenters. The van der Waals surface area contributed by atoms with Crippen LogP contribution in [0.15, 0.2) is 47.7 Å². The molecule has 2 N–H and O–H groups in total. The van der Waals surface area contributed by atoms with E-state index in [9.17, 15) is 9.59 Å². The van der Waals surface area contributed by atoms with E-state index in [1.165, 1.54) is 19.3 Å². The zero-order valence-electron chi connectivity index (χ0n) is 12.3. The first-order valence-corrected chi connectivity index (χ1v) is 6.68. The fourth-order valence-electron chi connectivity index (χ4n) is 1.69. The number of amides is 2. The largest absolute Gasteiger partial charge is 0.326 e. The van der Waals surface area contributed by atoms with E-state index in [1.54, 1.807) is 36.4 Å². The third-order valence-corrected chi connectivity index (χ3v) is 2.78. The summed E-state index contributed by atoms with van der Waals surface area (Å²) in [7, 11) is 0. The van der Waals surface area contributed by atoms with E-state index in [1.807, 2.05) is 6.92 Å². The molecule has 0 saturated carbocycles. The van der Waals surface area contributed by atoms with Crippen LogP contribution >= 0.6 is 0 Å². The van der Waals surface area contributed by atoms with Crippen LogP contribution in [0.2, 0.25) is 0 Å². The van der Waals surface area contributed by atoms with Crippen LogP contribution in [0.1, 0.15) is 28.5 Å². The van der Waals surface area contributed by atoms with Gasteiger partial charge in [-0.15, -0.1) is 0 Å². The van der Waals surface area contributed by atoms with Crippen molar-refractivity contribution in [1.29, 1.82) is 0 Å². The van der Waals surface area contributed by atoms with Crippen LogP contribution in [-0.2, 0) is 4.79 Å². The highest BCUT2D eigenvalue weighted by molar-refractivity contribution is 5.94. The average molecular weight is 296 g/mol. The summed E-state index contributed by atoms with van der Waals surface area (Å²) in [6.07, 6.45) is 3.03. The molecule has 0 aliphatic rings. The van der Waals surface area contributed by atoms with Crippen LogP contribution < -0.4 is 10.7 Å². The molecule has 0 aliphatic carbocycles. The lowest BCUT2D eigenvalue weighted by atomic mass is 10.2. The minimum absolute atomic E-state index is 0.125. The molecule has 1 aromatic carbocycles. The van der Waals surface area contributed by atoms with Crippen molar-refractivity contribution in [2.45, 2.75) is 13.8 Å². The minimum Gasteiger partial charge on any atom is -0.326 e. The number of nitrogens with one attached hydrogen (secondary N) is 2. The Morgan fingerprint density at radius 1 is 1.14 bits per heavy atom. The summed E-state index contributed by atoms with van der Waals surface area (Å²) < 4.78 is 0. The predicted molar refractivity (Wildman–Crippen MR) is 84.8 cm³/mol. The number of anilines is 1. The fraction of sp³-hybridized carbons (Fsp3) is 0.125. The summed E-state index contributed by atoms with van der Waals surface area (Å²) in [6.45, 7) is 3.30. The van der Waals surface area contributed by atoms with E-state index in [2.05, 4.69) is 20.8 Å². The molecule has 2 rings (SSSR count). The second kappa shape index (κ2) is 7.12. The van der Waals surface area contributed by atoms with Crippen LogP contribution in [0.4, 0.5) is 5.69 Å². The van der Waals surface area contributed by atoms with E-state index >= 15 is 0 Å². The predicted octanol–water partition coefficient (Wildman–Crippen LogP) is 2.11. The van der Waals surface area contributed by atoms with Crippen molar-refractivity contribution in [2.24, 2.45) is 5.10 Å². The van der Waals surface area contributed by atoms with Crippen molar-refractivity contribution in [2.75, 3.05) is 5.32 Å². The smallest absolute Gasteiger partial charge is 0.272 e. The molecule has 1 heterocycles. The van der Waals surface area contributed by atoms with Crippen LogP contribution in [0.25, 0.3) is 0 Å². The zero-order valence-corrected chi connectivity index (χ0v) is 12.3. The molecule has 1 aromatic heterocycles. The number of benzene rings is 1. The van der Waals surface area contributed by atoms with Crippen molar-refractivity contribution in [1.82, 2.24) is 10.4 Å². The highest BCUT2D eigenvalue weighted by Gasteiger charge is 2.03. The summed E-state index contributed by atoms with van der Waals surface area (Å²) in [5.41, 5.74) is 5.24. The molecular formula is C16H16N4O2. The van der Waals surface area contributed by atoms with Crippen molar-refractivity contribution in [3.05, 3.63) is 59.4 Å². The van der Waals surface area contributed by atoms with E-state index in [0.29, 0.717) is 11.3 Å². The van der Waals surface area contributed by atoms with Crippen LogP contribution in [0.5, 0.6) is 0 Å². The lowest BCUT2D eigenvalue weighted by Crippen LogP contribution is -2.17. The van der Waals surface area contributed by atoms with Gasteiger partial charge in [-0.1, -0.05) is 12.1 Å². The molecule has 0 fully saturated rings. The number of carbonyl (C=O) groups is 2. The van der Waals surface area contributed by atoms with E-state index in [-0.39, 0.29) is 11.8 Å². The SMILES string of the molecule is CC(=O)Nc1ccc(/C=N/NC(=O)c2ccc(C)nc2)cc1. The molecule has 0 saturated heterocycles. The molecule has 0 radical (unpaired) electrons. The van der Waals surface area contributed by atoms with Crippen molar-refractivity contribution >= 4 is 23.7 Å². The first-order valence-electron chi connectivity index (χ1n) is 6.68. The van der Waals surface area contributed by atoms with Crippen LogP contribution in [0, 0.1) is 6.92 Å². The standard InChI is InChI=1S/C16H16N4O2/c1-11-3-6-14(10-17-11)16(22)20-18-9-13-4-7-15(8-5-13)19-12(2)21/h3-10H,1-2H3,(H,19,21)(H,20,22)/b18-9+. The van der Waals surface area contributed by atoms with E-state index in [0.717, 1.165) is 11.3 Å². The number of aryl methyl sites for hydroxylation is 1. The number of aromatic nitrogens is 1. The first-order chi connectivity index (χ1) is 10.5. The maximum absolute atomic E-state index is 11.8. The molecule has 22 heavy (non-hydrogen) atoms. The lowest BCUT2D eigenvalue weighted by Gasteiger charge is -2.02. The van der Waals surface area contributed by atoms with Gasteiger partial charge in [0, 0.05) is 24.5 Å². The summed E-state index contributed by atoms with van der Waals surface area (Å²) in [4.78, 5) is 26.8. The van der Waals surface area contributed by atoms with Crippen molar-refractivity contribution in [3.8, 4) is 0 Å². The van der Waals surface area contributed by atoms with E-state index in [4.69, 9.17) is 0 Å². The quantitative estimate of drug-likeness (QED) is 0.669. The maximum Gasteiger partial charge on any atom is 0.272 e. The maximum atomic E-state index is 11.8.